The minimum atomic E-state index is -0.220. The maximum absolute atomic E-state index is 12.6. The number of hydrogen-bond donors (Lipinski definition) is 1. The van der Waals surface area contributed by atoms with Gasteiger partial charge in [-0.2, -0.15) is 5.26 Å². The van der Waals surface area contributed by atoms with Gasteiger partial charge in [-0.15, -0.1) is 0 Å². The highest BCUT2D eigenvalue weighted by molar-refractivity contribution is 8.00. The summed E-state index contributed by atoms with van der Waals surface area (Å²) in [5.41, 5.74) is 3.85. The second kappa shape index (κ2) is 11.3. The minimum absolute atomic E-state index is 0.0692. The Morgan fingerprint density at radius 3 is 2.40 bits per heavy atom. The lowest BCUT2D eigenvalue weighted by Crippen LogP contribution is -2.14. The van der Waals surface area contributed by atoms with Crippen LogP contribution in [0.4, 0.5) is 5.69 Å². The number of thioether (sulfide) groups is 1. The molecule has 4 rings (SSSR count). The van der Waals surface area contributed by atoms with Crippen molar-refractivity contribution in [3.8, 4) is 34.2 Å². The Morgan fingerprint density at radius 1 is 1.03 bits per heavy atom. The Hall–Kier alpha value is -3.50. The number of carbonyl (C=O) groups excluding carboxylic acids is 1. The van der Waals surface area contributed by atoms with Gasteiger partial charge in [0.25, 0.3) is 0 Å². The molecular formula is C27H19Cl2N3O2S. The monoisotopic (exact) mass is 519 g/mol. The van der Waals surface area contributed by atoms with Crippen LogP contribution >= 0.6 is 35.0 Å². The highest BCUT2D eigenvalue weighted by Gasteiger charge is 2.18. The number of nitriles is 1. The van der Waals surface area contributed by atoms with Crippen molar-refractivity contribution in [2.45, 2.75) is 5.03 Å². The van der Waals surface area contributed by atoms with E-state index in [1.807, 2.05) is 36.4 Å². The van der Waals surface area contributed by atoms with Crippen LogP contribution in [-0.4, -0.2) is 23.8 Å². The summed E-state index contributed by atoms with van der Waals surface area (Å²) in [5.74, 6) is 0.549. The first-order valence-electron chi connectivity index (χ1n) is 10.5. The Kier molecular flexibility index (Phi) is 7.94. The molecule has 0 spiro atoms. The van der Waals surface area contributed by atoms with Crippen LogP contribution in [0.15, 0.2) is 83.9 Å². The average molecular weight is 520 g/mol. The van der Waals surface area contributed by atoms with Gasteiger partial charge in [0.2, 0.25) is 5.91 Å². The van der Waals surface area contributed by atoms with Crippen molar-refractivity contribution < 1.29 is 9.53 Å². The van der Waals surface area contributed by atoms with Crippen molar-refractivity contribution in [1.82, 2.24) is 4.98 Å². The number of rotatable bonds is 7. The van der Waals surface area contributed by atoms with Crippen molar-refractivity contribution in [2.24, 2.45) is 0 Å². The number of methoxy groups -OCH3 is 1. The third-order valence-electron chi connectivity index (χ3n) is 5.12. The molecule has 0 saturated carbocycles. The number of amides is 1. The fraction of sp³-hybridized carbons (Fsp3) is 0.0741. The third-order valence-corrected chi connectivity index (χ3v) is 6.67. The lowest BCUT2D eigenvalue weighted by molar-refractivity contribution is -0.113. The quantitative estimate of drug-likeness (QED) is 0.258. The van der Waals surface area contributed by atoms with Gasteiger partial charge in [-0.25, -0.2) is 4.98 Å². The van der Waals surface area contributed by atoms with Gasteiger partial charge in [0.15, 0.2) is 0 Å². The fourth-order valence-electron chi connectivity index (χ4n) is 3.40. The second-order valence-electron chi connectivity index (χ2n) is 7.40. The first-order valence-corrected chi connectivity index (χ1v) is 12.3. The summed E-state index contributed by atoms with van der Waals surface area (Å²) in [6.45, 7) is 0. The molecule has 0 aliphatic heterocycles. The summed E-state index contributed by atoms with van der Waals surface area (Å²) < 4.78 is 5.14. The second-order valence-corrected chi connectivity index (χ2v) is 9.21. The van der Waals surface area contributed by atoms with E-state index in [4.69, 9.17) is 32.9 Å². The SMILES string of the molecule is COc1ccc(NC(=O)CSc2nc(-c3ccc(Cl)cc3)cc(-c3ccccc3Cl)c2C#N)cc1. The molecular weight excluding hydrogens is 501 g/mol. The van der Waals surface area contributed by atoms with Crippen LogP contribution in [0.1, 0.15) is 5.56 Å². The molecule has 174 valence electrons. The maximum Gasteiger partial charge on any atom is 0.234 e. The van der Waals surface area contributed by atoms with Gasteiger partial charge in [0, 0.05) is 32.4 Å². The summed E-state index contributed by atoms with van der Waals surface area (Å²) in [7, 11) is 1.58. The van der Waals surface area contributed by atoms with Crippen molar-refractivity contribution >= 4 is 46.6 Å². The topological polar surface area (TPSA) is 75.0 Å². The molecule has 0 aliphatic rings. The van der Waals surface area contributed by atoms with E-state index >= 15 is 0 Å². The van der Waals surface area contributed by atoms with E-state index in [-0.39, 0.29) is 11.7 Å². The molecule has 35 heavy (non-hydrogen) atoms. The molecule has 3 aromatic carbocycles. The smallest absolute Gasteiger partial charge is 0.234 e. The highest BCUT2D eigenvalue weighted by atomic mass is 35.5. The zero-order valence-electron chi connectivity index (χ0n) is 18.6. The number of hydrogen-bond acceptors (Lipinski definition) is 5. The predicted octanol–water partition coefficient (Wildman–Crippen LogP) is 7.33. The Labute approximate surface area is 217 Å². The predicted molar refractivity (Wildman–Crippen MR) is 142 cm³/mol. The van der Waals surface area contributed by atoms with E-state index in [9.17, 15) is 10.1 Å². The molecule has 8 heteroatoms. The zero-order chi connectivity index (χ0) is 24.8. The Balaban J connectivity index is 1.67. The number of aromatic nitrogens is 1. The molecule has 0 unspecified atom stereocenters. The van der Waals surface area contributed by atoms with Crippen LogP contribution in [0.2, 0.25) is 10.0 Å². The zero-order valence-corrected chi connectivity index (χ0v) is 20.9. The van der Waals surface area contributed by atoms with Crippen LogP contribution in [0.5, 0.6) is 5.75 Å². The molecule has 0 aliphatic carbocycles. The summed E-state index contributed by atoms with van der Waals surface area (Å²) in [5, 5.41) is 14.4. The van der Waals surface area contributed by atoms with Gasteiger partial charge in [0.05, 0.1) is 24.1 Å². The summed E-state index contributed by atoms with van der Waals surface area (Å²) in [6, 6.07) is 25.7. The van der Waals surface area contributed by atoms with Crippen LogP contribution < -0.4 is 10.1 Å². The van der Waals surface area contributed by atoms with Gasteiger partial charge < -0.3 is 10.1 Å². The average Bonchev–Trinajstić information content (AvgIpc) is 2.88. The van der Waals surface area contributed by atoms with Crippen molar-refractivity contribution in [3.05, 3.63) is 94.5 Å². The van der Waals surface area contributed by atoms with Crippen LogP contribution in [0.25, 0.3) is 22.4 Å². The van der Waals surface area contributed by atoms with E-state index in [0.29, 0.717) is 48.9 Å². The van der Waals surface area contributed by atoms with Gasteiger partial charge in [0.1, 0.15) is 16.8 Å². The molecule has 0 atom stereocenters. The van der Waals surface area contributed by atoms with E-state index in [1.165, 1.54) is 11.8 Å². The largest absolute Gasteiger partial charge is 0.497 e. The molecule has 5 nitrogen and oxygen atoms in total. The van der Waals surface area contributed by atoms with Gasteiger partial charge in [-0.05, 0) is 48.5 Å². The Bertz CT molecular complexity index is 1400. The molecule has 4 aromatic rings. The van der Waals surface area contributed by atoms with Crippen LogP contribution in [0.3, 0.4) is 0 Å². The van der Waals surface area contributed by atoms with Crippen LogP contribution in [0, 0.1) is 11.3 Å². The molecule has 1 aromatic heterocycles. The lowest BCUT2D eigenvalue weighted by Gasteiger charge is -2.14. The molecule has 0 radical (unpaired) electrons. The number of anilines is 1. The molecule has 0 fully saturated rings. The van der Waals surface area contributed by atoms with Crippen molar-refractivity contribution in [3.63, 3.8) is 0 Å². The number of ether oxygens (including phenoxy) is 1. The first-order chi connectivity index (χ1) is 17.0. The standard InChI is InChI=1S/C27H19Cl2N3O2S/c1-34-20-12-10-19(11-13-20)31-26(33)16-35-27-23(15-30)22(21-4-2-3-5-24(21)29)14-25(32-27)17-6-8-18(28)9-7-17/h2-14H,16H2,1H3,(H,31,33). The van der Waals surface area contributed by atoms with E-state index < -0.39 is 0 Å². The number of halogens is 2. The van der Waals surface area contributed by atoms with Crippen LogP contribution in [-0.2, 0) is 4.79 Å². The number of pyridine rings is 1. The molecule has 1 amide bonds. The van der Waals surface area contributed by atoms with Gasteiger partial charge in [-0.1, -0.05) is 65.3 Å². The normalized spacial score (nSPS) is 10.5. The highest BCUT2D eigenvalue weighted by Crippen LogP contribution is 2.37. The summed E-state index contributed by atoms with van der Waals surface area (Å²) in [6.07, 6.45) is 0. The first kappa shape index (κ1) is 24.6. The summed E-state index contributed by atoms with van der Waals surface area (Å²) >= 11 is 13.7. The van der Waals surface area contributed by atoms with Crippen molar-refractivity contribution in [1.29, 1.82) is 5.26 Å². The van der Waals surface area contributed by atoms with Gasteiger partial charge >= 0.3 is 0 Å². The lowest BCUT2D eigenvalue weighted by atomic mass is 9.99. The van der Waals surface area contributed by atoms with Crippen molar-refractivity contribution in [2.75, 3.05) is 18.2 Å². The van der Waals surface area contributed by atoms with Gasteiger partial charge in [-0.3, -0.25) is 4.79 Å². The minimum Gasteiger partial charge on any atom is -0.497 e. The molecule has 1 N–H and O–H groups in total. The number of carbonyl (C=O) groups is 1. The number of benzene rings is 3. The number of nitrogens with zero attached hydrogens (tertiary/aromatic N) is 2. The van der Waals surface area contributed by atoms with E-state index in [1.54, 1.807) is 49.6 Å². The third kappa shape index (κ3) is 5.95. The van der Waals surface area contributed by atoms with E-state index in [2.05, 4.69) is 11.4 Å². The summed E-state index contributed by atoms with van der Waals surface area (Å²) in [4.78, 5) is 17.4. The Morgan fingerprint density at radius 2 is 1.74 bits per heavy atom. The molecule has 1 heterocycles. The maximum atomic E-state index is 12.6. The van der Waals surface area contributed by atoms with E-state index in [0.717, 1.165) is 5.56 Å². The fourth-order valence-corrected chi connectivity index (χ4v) is 4.57. The molecule has 0 saturated heterocycles. The number of nitrogens with one attached hydrogen (secondary N) is 1. The molecule has 0 bridgehead atoms.